The van der Waals surface area contributed by atoms with E-state index >= 15 is 0 Å². The molecule has 128 valence electrons. The fourth-order valence-electron chi connectivity index (χ4n) is 3.21. The zero-order valence-electron chi connectivity index (χ0n) is 14.1. The molecule has 1 aromatic carbocycles. The maximum atomic E-state index is 12.0. The van der Waals surface area contributed by atoms with Crippen LogP contribution in [0.5, 0.6) is 0 Å². The molecular weight excluding hydrogens is 302 g/mol. The molecule has 0 spiro atoms. The third kappa shape index (κ3) is 4.23. The summed E-state index contributed by atoms with van der Waals surface area (Å²) in [6.07, 6.45) is 6.11. The average molecular weight is 327 g/mol. The molecule has 24 heavy (non-hydrogen) atoms. The second-order valence-electron chi connectivity index (χ2n) is 6.67. The number of nitrogens with zero attached hydrogens (tertiary/aromatic N) is 1. The summed E-state index contributed by atoms with van der Waals surface area (Å²) in [7, 11) is 0. The summed E-state index contributed by atoms with van der Waals surface area (Å²) < 4.78 is 5.53. The molecule has 1 aliphatic carbocycles. The van der Waals surface area contributed by atoms with E-state index in [2.05, 4.69) is 10.3 Å². The SMILES string of the molecule is Cc1ccc(-c2nc(CCNC(=O)C[C@@H]3CCC[C@H]3N)co2)cc1. The number of aryl methyl sites for hydroxylation is 1. The van der Waals surface area contributed by atoms with E-state index in [1.54, 1.807) is 6.26 Å². The fourth-order valence-corrected chi connectivity index (χ4v) is 3.21. The largest absolute Gasteiger partial charge is 0.444 e. The van der Waals surface area contributed by atoms with Crippen LogP contribution in [0, 0.1) is 12.8 Å². The molecule has 2 aromatic rings. The number of aromatic nitrogens is 1. The first-order valence-electron chi connectivity index (χ1n) is 8.65. The number of rotatable bonds is 6. The normalized spacial score (nSPS) is 20.2. The van der Waals surface area contributed by atoms with Crippen LogP contribution >= 0.6 is 0 Å². The monoisotopic (exact) mass is 327 g/mol. The average Bonchev–Trinajstić information content (AvgIpc) is 3.18. The van der Waals surface area contributed by atoms with Crippen LogP contribution in [0.4, 0.5) is 0 Å². The topological polar surface area (TPSA) is 81.2 Å². The lowest BCUT2D eigenvalue weighted by Crippen LogP contribution is -2.32. The molecule has 1 saturated carbocycles. The lowest BCUT2D eigenvalue weighted by Gasteiger charge is -2.14. The van der Waals surface area contributed by atoms with Gasteiger partial charge in [-0.25, -0.2) is 4.98 Å². The molecule has 1 aliphatic rings. The van der Waals surface area contributed by atoms with E-state index in [-0.39, 0.29) is 11.9 Å². The van der Waals surface area contributed by atoms with Crippen molar-refractivity contribution >= 4 is 5.91 Å². The van der Waals surface area contributed by atoms with Crippen molar-refractivity contribution in [2.24, 2.45) is 11.7 Å². The number of nitrogens with one attached hydrogen (secondary N) is 1. The van der Waals surface area contributed by atoms with Gasteiger partial charge in [0.1, 0.15) is 6.26 Å². The van der Waals surface area contributed by atoms with Gasteiger partial charge in [0.2, 0.25) is 11.8 Å². The number of carbonyl (C=O) groups excluding carboxylic acids is 1. The van der Waals surface area contributed by atoms with Crippen molar-refractivity contribution in [3.8, 4) is 11.5 Å². The number of carbonyl (C=O) groups is 1. The first-order chi connectivity index (χ1) is 11.6. The van der Waals surface area contributed by atoms with Crippen molar-refractivity contribution in [2.75, 3.05) is 6.54 Å². The molecule has 0 bridgehead atoms. The fraction of sp³-hybridized carbons (Fsp3) is 0.474. The van der Waals surface area contributed by atoms with Gasteiger partial charge in [-0.3, -0.25) is 4.79 Å². The number of amides is 1. The van der Waals surface area contributed by atoms with Crippen LogP contribution in [0.15, 0.2) is 34.9 Å². The zero-order chi connectivity index (χ0) is 16.9. The Labute approximate surface area is 142 Å². The van der Waals surface area contributed by atoms with Crippen molar-refractivity contribution in [1.82, 2.24) is 10.3 Å². The van der Waals surface area contributed by atoms with Crippen LogP contribution in [-0.4, -0.2) is 23.5 Å². The highest BCUT2D eigenvalue weighted by atomic mass is 16.3. The Balaban J connectivity index is 1.45. The van der Waals surface area contributed by atoms with Crippen LogP contribution in [0.25, 0.3) is 11.5 Å². The lowest BCUT2D eigenvalue weighted by atomic mass is 10.00. The first kappa shape index (κ1) is 16.7. The summed E-state index contributed by atoms with van der Waals surface area (Å²) in [6, 6.07) is 8.25. The van der Waals surface area contributed by atoms with Crippen molar-refractivity contribution in [1.29, 1.82) is 0 Å². The molecule has 2 atom stereocenters. The molecule has 3 N–H and O–H groups in total. The molecular formula is C19H25N3O2. The minimum atomic E-state index is 0.0830. The van der Waals surface area contributed by atoms with Gasteiger partial charge in [0.05, 0.1) is 5.69 Å². The van der Waals surface area contributed by atoms with E-state index < -0.39 is 0 Å². The van der Waals surface area contributed by atoms with Gasteiger partial charge in [-0.05, 0) is 37.8 Å². The molecule has 1 amide bonds. The molecule has 0 saturated heterocycles. The number of nitrogens with two attached hydrogens (primary N) is 1. The maximum Gasteiger partial charge on any atom is 0.226 e. The number of benzene rings is 1. The summed E-state index contributed by atoms with van der Waals surface area (Å²) in [5.41, 5.74) is 9.03. The Morgan fingerprint density at radius 2 is 2.12 bits per heavy atom. The van der Waals surface area contributed by atoms with Crippen molar-refractivity contribution in [2.45, 2.75) is 45.1 Å². The second kappa shape index (κ2) is 7.62. The lowest BCUT2D eigenvalue weighted by molar-refractivity contribution is -0.122. The van der Waals surface area contributed by atoms with E-state index in [1.165, 1.54) is 5.56 Å². The Bertz CT molecular complexity index is 678. The molecule has 1 heterocycles. The number of hydrogen-bond donors (Lipinski definition) is 2. The molecule has 5 heteroatoms. The third-order valence-corrected chi connectivity index (χ3v) is 4.72. The zero-order valence-corrected chi connectivity index (χ0v) is 14.1. The quantitative estimate of drug-likeness (QED) is 0.855. The molecule has 1 fully saturated rings. The van der Waals surface area contributed by atoms with Crippen LogP contribution < -0.4 is 11.1 Å². The number of oxazole rings is 1. The standard InChI is InChI=1S/C19H25N3O2/c1-13-5-7-14(8-6-13)19-22-16(12-24-19)9-10-21-18(23)11-15-3-2-4-17(15)20/h5-8,12,15,17H,2-4,9-11,20H2,1H3,(H,21,23)/t15-,17+/m0/s1. The summed E-state index contributed by atoms with van der Waals surface area (Å²) >= 11 is 0. The van der Waals surface area contributed by atoms with E-state index in [1.807, 2.05) is 31.2 Å². The second-order valence-corrected chi connectivity index (χ2v) is 6.67. The molecule has 0 unspecified atom stereocenters. The minimum Gasteiger partial charge on any atom is -0.444 e. The summed E-state index contributed by atoms with van der Waals surface area (Å²) in [5.74, 6) is 1.04. The van der Waals surface area contributed by atoms with Crippen molar-refractivity contribution < 1.29 is 9.21 Å². The molecule has 3 rings (SSSR count). The van der Waals surface area contributed by atoms with Crippen LogP contribution in [0.2, 0.25) is 0 Å². The molecule has 1 aromatic heterocycles. The third-order valence-electron chi connectivity index (χ3n) is 4.72. The van der Waals surface area contributed by atoms with Crippen molar-refractivity contribution in [3.63, 3.8) is 0 Å². The van der Waals surface area contributed by atoms with Crippen LogP contribution in [0.1, 0.15) is 36.9 Å². The van der Waals surface area contributed by atoms with Crippen LogP contribution in [0.3, 0.4) is 0 Å². The Morgan fingerprint density at radius 3 is 2.83 bits per heavy atom. The van der Waals surface area contributed by atoms with Gasteiger partial charge in [0.25, 0.3) is 0 Å². The summed E-state index contributed by atoms with van der Waals surface area (Å²) in [6.45, 7) is 2.62. The van der Waals surface area contributed by atoms with Gasteiger partial charge in [-0.15, -0.1) is 0 Å². The Hall–Kier alpha value is -2.14. The summed E-state index contributed by atoms with van der Waals surface area (Å²) in [5, 5.41) is 2.96. The van der Waals surface area contributed by atoms with Gasteiger partial charge < -0.3 is 15.5 Å². The minimum absolute atomic E-state index is 0.0830. The molecule has 0 aliphatic heterocycles. The highest BCUT2D eigenvalue weighted by molar-refractivity contribution is 5.76. The smallest absolute Gasteiger partial charge is 0.226 e. The predicted octanol–water partition coefficient (Wildman–Crippen LogP) is 2.83. The van der Waals surface area contributed by atoms with Gasteiger partial charge in [0, 0.05) is 31.0 Å². The molecule has 5 nitrogen and oxygen atoms in total. The van der Waals surface area contributed by atoms with E-state index in [0.717, 1.165) is 30.5 Å². The van der Waals surface area contributed by atoms with Crippen LogP contribution in [-0.2, 0) is 11.2 Å². The van der Waals surface area contributed by atoms with Gasteiger partial charge >= 0.3 is 0 Å². The van der Waals surface area contributed by atoms with Gasteiger partial charge in [-0.2, -0.15) is 0 Å². The predicted molar refractivity (Wildman–Crippen MR) is 93.3 cm³/mol. The highest BCUT2D eigenvalue weighted by Crippen LogP contribution is 2.26. The van der Waals surface area contributed by atoms with Gasteiger partial charge in [-0.1, -0.05) is 24.1 Å². The Morgan fingerprint density at radius 1 is 1.33 bits per heavy atom. The van der Waals surface area contributed by atoms with Gasteiger partial charge in [0.15, 0.2) is 0 Å². The Kier molecular flexibility index (Phi) is 5.30. The number of hydrogen-bond acceptors (Lipinski definition) is 4. The van der Waals surface area contributed by atoms with Crippen molar-refractivity contribution in [3.05, 3.63) is 41.8 Å². The van der Waals surface area contributed by atoms with E-state index in [0.29, 0.717) is 31.2 Å². The van der Waals surface area contributed by atoms with E-state index in [4.69, 9.17) is 10.2 Å². The first-order valence-corrected chi connectivity index (χ1v) is 8.65. The molecule has 0 radical (unpaired) electrons. The highest BCUT2D eigenvalue weighted by Gasteiger charge is 2.25. The van der Waals surface area contributed by atoms with E-state index in [9.17, 15) is 4.79 Å². The summed E-state index contributed by atoms with van der Waals surface area (Å²) in [4.78, 5) is 16.5. The maximum absolute atomic E-state index is 12.0.